The fourth-order valence-electron chi connectivity index (χ4n) is 3.11. The van der Waals surface area contributed by atoms with Crippen LogP contribution < -0.4 is 5.73 Å². The molecule has 1 fully saturated rings. The highest BCUT2D eigenvalue weighted by molar-refractivity contribution is 5.11. The topological polar surface area (TPSA) is 47.1 Å². The van der Waals surface area contributed by atoms with Crippen LogP contribution in [0.5, 0.6) is 0 Å². The molecule has 0 aliphatic heterocycles. The van der Waals surface area contributed by atoms with Crippen LogP contribution in [-0.2, 0) is 0 Å². The van der Waals surface area contributed by atoms with Gasteiger partial charge in [-0.25, -0.2) is 0 Å². The van der Waals surface area contributed by atoms with Gasteiger partial charge >= 0.3 is 0 Å². The Morgan fingerprint density at radius 2 is 2.11 bits per heavy atom. The predicted molar refractivity (Wildman–Crippen MR) is 79.0 cm³/mol. The first-order valence-electron chi connectivity index (χ1n) is 7.56. The van der Waals surface area contributed by atoms with Crippen molar-refractivity contribution in [1.29, 1.82) is 0 Å². The van der Waals surface area contributed by atoms with Crippen LogP contribution >= 0.6 is 0 Å². The minimum atomic E-state index is 0.299. The summed E-state index contributed by atoms with van der Waals surface area (Å²) in [6.45, 7) is 6.12. The molecule has 1 unspecified atom stereocenters. The number of hydrogen-bond acceptors (Lipinski definition) is 3. The van der Waals surface area contributed by atoms with Crippen molar-refractivity contribution in [3.05, 3.63) is 18.0 Å². The van der Waals surface area contributed by atoms with E-state index in [1.165, 1.54) is 31.2 Å². The molecule has 1 aliphatic carbocycles. The molecule has 0 radical (unpaired) electrons. The van der Waals surface area contributed by atoms with E-state index in [-0.39, 0.29) is 0 Å². The molecule has 1 heterocycles. The minimum absolute atomic E-state index is 0.299. The second-order valence-electron chi connectivity index (χ2n) is 6.19. The zero-order valence-corrected chi connectivity index (χ0v) is 12.5. The maximum atomic E-state index is 5.99. The minimum Gasteiger partial charge on any atom is -0.329 e. The van der Waals surface area contributed by atoms with E-state index in [0.717, 1.165) is 12.5 Å². The Hall–Kier alpha value is -0.870. The third-order valence-electron chi connectivity index (χ3n) is 4.31. The Labute approximate surface area is 117 Å². The van der Waals surface area contributed by atoms with Crippen LogP contribution in [0.15, 0.2) is 12.4 Å². The van der Waals surface area contributed by atoms with Gasteiger partial charge in [0.15, 0.2) is 0 Å². The lowest BCUT2D eigenvalue weighted by molar-refractivity contribution is 0.212. The molecule has 0 amide bonds. The molecule has 1 saturated carbocycles. The molecule has 1 aromatic rings. The average molecular weight is 264 g/mol. The molecule has 108 valence electrons. The maximum absolute atomic E-state index is 5.99. The highest BCUT2D eigenvalue weighted by Gasteiger charge is 2.22. The Balaban J connectivity index is 2.00. The van der Waals surface area contributed by atoms with Crippen molar-refractivity contribution in [3.63, 3.8) is 0 Å². The first-order chi connectivity index (χ1) is 9.11. The molecule has 0 saturated heterocycles. The molecule has 4 heteroatoms. The highest BCUT2D eigenvalue weighted by atomic mass is 15.3. The van der Waals surface area contributed by atoms with Crippen LogP contribution in [0.4, 0.5) is 0 Å². The molecule has 2 N–H and O–H groups in total. The van der Waals surface area contributed by atoms with Crippen LogP contribution in [-0.4, -0.2) is 34.8 Å². The van der Waals surface area contributed by atoms with E-state index in [1.807, 2.05) is 10.9 Å². The highest BCUT2D eigenvalue weighted by Crippen LogP contribution is 2.28. The number of hydrogen-bond donors (Lipinski definition) is 1. The van der Waals surface area contributed by atoms with Gasteiger partial charge in [-0.05, 0) is 39.7 Å². The van der Waals surface area contributed by atoms with Crippen molar-refractivity contribution in [3.8, 4) is 0 Å². The summed E-state index contributed by atoms with van der Waals surface area (Å²) in [5.74, 6) is 0.860. The van der Waals surface area contributed by atoms with E-state index in [4.69, 9.17) is 5.73 Å². The van der Waals surface area contributed by atoms with Crippen LogP contribution in [0.3, 0.4) is 0 Å². The molecule has 2 rings (SSSR count). The van der Waals surface area contributed by atoms with E-state index < -0.39 is 0 Å². The largest absolute Gasteiger partial charge is 0.329 e. The smallest absolute Gasteiger partial charge is 0.0538 e. The molecule has 1 atom stereocenters. The monoisotopic (exact) mass is 264 g/mol. The summed E-state index contributed by atoms with van der Waals surface area (Å²) in [5.41, 5.74) is 7.23. The second-order valence-corrected chi connectivity index (χ2v) is 6.19. The lowest BCUT2D eigenvalue weighted by atomic mass is 10.0. The average Bonchev–Trinajstić information content (AvgIpc) is 3.01. The van der Waals surface area contributed by atoms with Crippen molar-refractivity contribution < 1.29 is 0 Å². The standard InChI is InChI=1S/C15H28N4/c1-12(2)19-11-14(9-17-19)15(8-16)18(3)10-13-6-4-5-7-13/h9,11-13,15H,4-8,10,16H2,1-3H3. The normalized spacial score (nSPS) is 18.6. The summed E-state index contributed by atoms with van der Waals surface area (Å²) in [5, 5.41) is 4.43. The van der Waals surface area contributed by atoms with Gasteiger partial charge in [0.2, 0.25) is 0 Å². The Kier molecular flexibility index (Phi) is 4.99. The van der Waals surface area contributed by atoms with Crippen molar-refractivity contribution >= 4 is 0 Å². The summed E-state index contributed by atoms with van der Waals surface area (Å²) in [7, 11) is 2.20. The van der Waals surface area contributed by atoms with Crippen molar-refractivity contribution in [1.82, 2.24) is 14.7 Å². The molecule has 19 heavy (non-hydrogen) atoms. The predicted octanol–water partition coefficient (Wildman–Crippen LogP) is 2.59. The summed E-state index contributed by atoms with van der Waals surface area (Å²) in [6.07, 6.45) is 9.68. The lowest BCUT2D eigenvalue weighted by Crippen LogP contribution is -2.33. The van der Waals surface area contributed by atoms with Gasteiger partial charge < -0.3 is 5.73 Å². The molecule has 0 bridgehead atoms. The van der Waals surface area contributed by atoms with Gasteiger partial charge in [0.05, 0.1) is 6.20 Å². The van der Waals surface area contributed by atoms with E-state index in [0.29, 0.717) is 18.6 Å². The van der Waals surface area contributed by atoms with E-state index in [1.54, 1.807) is 0 Å². The maximum Gasteiger partial charge on any atom is 0.0538 e. The van der Waals surface area contributed by atoms with Crippen molar-refractivity contribution in [2.45, 2.75) is 51.6 Å². The zero-order valence-electron chi connectivity index (χ0n) is 12.5. The molecular formula is C15H28N4. The van der Waals surface area contributed by atoms with Crippen LogP contribution in [0.1, 0.15) is 57.2 Å². The number of nitrogens with two attached hydrogens (primary N) is 1. The van der Waals surface area contributed by atoms with E-state index in [2.05, 4.69) is 37.1 Å². The van der Waals surface area contributed by atoms with E-state index in [9.17, 15) is 0 Å². The second kappa shape index (κ2) is 6.53. The molecule has 0 spiro atoms. The van der Waals surface area contributed by atoms with Crippen LogP contribution in [0.2, 0.25) is 0 Å². The molecule has 0 aromatic carbocycles. The number of rotatable bonds is 6. The summed E-state index contributed by atoms with van der Waals surface area (Å²) in [4.78, 5) is 2.41. The van der Waals surface area contributed by atoms with Gasteiger partial charge in [0, 0.05) is 36.9 Å². The van der Waals surface area contributed by atoms with Crippen molar-refractivity contribution in [2.75, 3.05) is 20.1 Å². The van der Waals surface area contributed by atoms with Gasteiger partial charge in [-0.2, -0.15) is 5.10 Å². The molecule has 1 aliphatic rings. The lowest BCUT2D eigenvalue weighted by Gasteiger charge is -2.28. The summed E-state index contributed by atoms with van der Waals surface area (Å²) >= 11 is 0. The van der Waals surface area contributed by atoms with Gasteiger partial charge in [-0.3, -0.25) is 9.58 Å². The zero-order chi connectivity index (χ0) is 13.8. The van der Waals surface area contributed by atoms with Gasteiger partial charge in [0.25, 0.3) is 0 Å². The quantitative estimate of drug-likeness (QED) is 0.859. The van der Waals surface area contributed by atoms with Gasteiger partial charge in [-0.15, -0.1) is 0 Å². The number of nitrogens with zero attached hydrogens (tertiary/aromatic N) is 3. The van der Waals surface area contributed by atoms with Gasteiger partial charge in [0.1, 0.15) is 0 Å². The third kappa shape index (κ3) is 3.57. The number of likely N-dealkylation sites (N-methyl/N-ethyl adjacent to an activating group) is 1. The van der Waals surface area contributed by atoms with Crippen molar-refractivity contribution in [2.24, 2.45) is 11.7 Å². The molecular weight excluding hydrogens is 236 g/mol. The van der Waals surface area contributed by atoms with Crippen LogP contribution in [0, 0.1) is 5.92 Å². The summed E-state index contributed by atoms with van der Waals surface area (Å²) < 4.78 is 2.02. The van der Waals surface area contributed by atoms with Gasteiger partial charge in [-0.1, -0.05) is 12.8 Å². The first kappa shape index (κ1) is 14.5. The van der Waals surface area contributed by atoms with Crippen LogP contribution in [0.25, 0.3) is 0 Å². The molecule has 1 aromatic heterocycles. The van der Waals surface area contributed by atoms with E-state index >= 15 is 0 Å². The number of aromatic nitrogens is 2. The Morgan fingerprint density at radius 1 is 1.42 bits per heavy atom. The Bertz CT molecular complexity index is 379. The summed E-state index contributed by atoms with van der Waals surface area (Å²) in [6, 6.07) is 0.709. The first-order valence-corrected chi connectivity index (χ1v) is 7.56. The molecule has 4 nitrogen and oxygen atoms in total. The Morgan fingerprint density at radius 3 is 2.63 bits per heavy atom. The fraction of sp³-hybridized carbons (Fsp3) is 0.800. The third-order valence-corrected chi connectivity index (χ3v) is 4.31. The fourth-order valence-corrected chi connectivity index (χ4v) is 3.11. The SMILES string of the molecule is CC(C)n1cc(C(CN)N(C)CC2CCCC2)cn1.